The summed E-state index contributed by atoms with van der Waals surface area (Å²) in [5, 5.41) is 10.5. The van der Waals surface area contributed by atoms with E-state index in [9.17, 15) is 14.9 Å². The number of hydroxylamine groups is 1. The molecule has 1 fully saturated rings. The topological polar surface area (TPSA) is 90.7 Å². The summed E-state index contributed by atoms with van der Waals surface area (Å²) in [6, 6.07) is 5.54. The Morgan fingerprint density at radius 2 is 1.95 bits per heavy atom. The minimum absolute atomic E-state index is 0.0219. The number of nitrogens with one attached hydrogen (secondary N) is 1. The van der Waals surface area contributed by atoms with Crippen LogP contribution in [-0.4, -0.2) is 23.5 Å². The number of carbonyl (C=O) groups is 1. The van der Waals surface area contributed by atoms with Crippen molar-refractivity contribution in [2.45, 2.75) is 31.8 Å². The van der Waals surface area contributed by atoms with Gasteiger partial charge < -0.3 is 4.74 Å². The number of carbonyl (C=O) groups excluding carboxylic acids is 1. The van der Waals surface area contributed by atoms with E-state index in [1.54, 1.807) is 0 Å². The lowest BCUT2D eigenvalue weighted by molar-refractivity contribution is -0.384. The molecular weight excluding hydrogens is 264 g/mol. The van der Waals surface area contributed by atoms with E-state index in [0.29, 0.717) is 5.75 Å². The number of hydrogen-bond acceptors (Lipinski definition) is 5. The number of rotatable bonds is 6. The van der Waals surface area contributed by atoms with Crippen molar-refractivity contribution in [2.75, 3.05) is 6.61 Å². The quantitative estimate of drug-likeness (QED) is 0.635. The van der Waals surface area contributed by atoms with Crippen LogP contribution in [0.15, 0.2) is 24.3 Å². The molecule has 20 heavy (non-hydrogen) atoms. The maximum atomic E-state index is 11.5. The molecule has 1 saturated carbocycles. The van der Waals surface area contributed by atoms with Crippen LogP contribution in [-0.2, 0) is 9.63 Å². The third-order valence-corrected chi connectivity index (χ3v) is 3.06. The van der Waals surface area contributed by atoms with Crippen LogP contribution in [0.5, 0.6) is 5.75 Å². The van der Waals surface area contributed by atoms with Crippen LogP contribution < -0.4 is 10.2 Å². The summed E-state index contributed by atoms with van der Waals surface area (Å²) in [4.78, 5) is 26.7. The Labute approximate surface area is 116 Å². The molecule has 7 nitrogen and oxygen atoms in total. The van der Waals surface area contributed by atoms with Gasteiger partial charge in [-0.05, 0) is 25.0 Å². The summed E-state index contributed by atoms with van der Waals surface area (Å²) in [6.45, 7) is -0.190. The van der Waals surface area contributed by atoms with Crippen LogP contribution in [0.25, 0.3) is 0 Å². The Bertz CT molecular complexity index is 468. The summed E-state index contributed by atoms with van der Waals surface area (Å²) >= 11 is 0. The highest BCUT2D eigenvalue weighted by Crippen LogP contribution is 2.20. The fraction of sp³-hybridized carbons (Fsp3) is 0.462. The van der Waals surface area contributed by atoms with E-state index in [2.05, 4.69) is 5.48 Å². The molecule has 0 aliphatic heterocycles. The van der Waals surface area contributed by atoms with Crippen LogP contribution in [0, 0.1) is 10.1 Å². The minimum atomic E-state index is -0.494. The van der Waals surface area contributed by atoms with Gasteiger partial charge in [0.15, 0.2) is 6.61 Å². The molecule has 7 heteroatoms. The van der Waals surface area contributed by atoms with E-state index in [1.165, 1.54) is 24.3 Å². The smallest absolute Gasteiger partial charge is 0.281 e. The van der Waals surface area contributed by atoms with Crippen molar-refractivity contribution < 1.29 is 19.3 Å². The molecule has 0 heterocycles. The molecule has 0 bridgehead atoms. The van der Waals surface area contributed by atoms with E-state index in [0.717, 1.165) is 25.7 Å². The molecule has 0 unspecified atom stereocenters. The Hall–Kier alpha value is -2.15. The number of non-ortho nitro benzene ring substituents is 1. The maximum Gasteiger partial charge on any atom is 0.281 e. The van der Waals surface area contributed by atoms with Gasteiger partial charge in [-0.1, -0.05) is 12.8 Å². The van der Waals surface area contributed by atoms with Gasteiger partial charge in [0.05, 0.1) is 11.0 Å². The predicted molar refractivity (Wildman–Crippen MR) is 70.1 cm³/mol. The molecule has 0 saturated heterocycles. The monoisotopic (exact) mass is 280 g/mol. The molecule has 1 aromatic carbocycles. The van der Waals surface area contributed by atoms with Gasteiger partial charge in [-0.3, -0.25) is 19.7 Å². The van der Waals surface area contributed by atoms with Crippen molar-refractivity contribution in [1.82, 2.24) is 5.48 Å². The first kappa shape index (κ1) is 14.3. The van der Waals surface area contributed by atoms with Crippen molar-refractivity contribution >= 4 is 11.6 Å². The molecular formula is C13H16N2O5. The van der Waals surface area contributed by atoms with Gasteiger partial charge in [0, 0.05) is 12.1 Å². The first-order chi connectivity index (χ1) is 9.65. The lowest BCUT2D eigenvalue weighted by atomic mass is 10.3. The highest BCUT2D eigenvalue weighted by molar-refractivity contribution is 5.76. The van der Waals surface area contributed by atoms with Gasteiger partial charge in [0.1, 0.15) is 5.75 Å². The van der Waals surface area contributed by atoms with E-state index < -0.39 is 4.92 Å². The number of amides is 1. The predicted octanol–water partition coefficient (Wildman–Crippen LogP) is 1.96. The Kier molecular flexibility index (Phi) is 4.89. The van der Waals surface area contributed by atoms with Crippen molar-refractivity contribution in [3.05, 3.63) is 34.4 Å². The van der Waals surface area contributed by atoms with Crippen LogP contribution in [0.2, 0.25) is 0 Å². The molecule has 2 rings (SSSR count). The fourth-order valence-corrected chi connectivity index (χ4v) is 2.00. The largest absolute Gasteiger partial charge is 0.484 e. The van der Waals surface area contributed by atoms with Gasteiger partial charge >= 0.3 is 0 Å². The Morgan fingerprint density at radius 3 is 2.55 bits per heavy atom. The molecule has 108 valence electrons. The molecule has 0 spiro atoms. The molecule has 1 N–H and O–H groups in total. The first-order valence-corrected chi connectivity index (χ1v) is 6.47. The van der Waals surface area contributed by atoms with Gasteiger partial charge in [-0.25, -0.2) is 5.48 Å². The van der Waals surface area contributed by atoms with E-state index in [4.69, 9.17) is 9.57 Å². The molecule has 0 aromatic heterocycles. The van der Waals surface area contributed by atoms with Gasteiger partial charge in [0.2, 0.25) is 0 Å². The number of nitro benzene ring substituents is 1. The van der Waals surface area contributed by atoms with Gasteiger partial charge in [-0.15, -0.1) is 0 Å². The number of nitrogens with zero attached hydrogens (tertiary/aromatic N) is 1. The van der Waals surface area contributed by atoms with Crippen molar-refractivity contribution in [2.24, 2.45) is 0 Å². The molecule has 1 aliphatic carbocycles. The zero-order valence-corrected chi connectivity index (χ0v) is 10.9. The fourth-order valence-electron chi connectivity index (χ4n) is 2.00. The maximum absolute atomic E-state index is 11.5. The second-order valence-electron chi connectivity index (χ2n) is 4.59. The molecule has 0 radical (unpaired) electrons. The van der Waals surface area contributed by atoms with E-state index >= 15 is 0 Å². The van der Waals surface area contributed by atoms with Crippen LogP contribution >= 0.6 is 0 Å². The summed E-state index contributed by atoms with van der Waals surface area (Å²) in [6.07, 6.45) is 4.27. The summed E-state index contributed by atoms with van der Waals surface area (Å²) in [5.41, 5.74) is 2.33. The number of benzene rings is 1. The molecule has 1 amide bonds. The lowest BCUT2D eigenvalue weighted by Crippen LogP contribution is -2.32. The highest BCUT2D eigenvalue weighted by Gasteiger charge is 2.16. The summed E-state index contributed by atoms with van der Waals surface area (Å²) in [7, 11) is 0. The van der Waals surface area contributed by atoms with Crippen molar-refractivity contribution in [3.63, 3.8) is 0 Å². The average Bonchev–Trinajstić information content (AvgIpc) is 2.96. The van der Waals surface area contributed by atoms with Crippen LogP contribution in [0.3, 0.4) is 0 Å². The third-order valence-electron chi connectivity index (χ3n) is 3.06. The number of ether oxygens (including phenoxy) is 1. The molecule has 0 atom stereocenters. The van der Waals surface area contributed by atoms with Gasteiger partial charge in [0.25, 0.3) is 11.6 Å². The lowest BCUT2D eigenvalue weighted by Gasteiger charge is -2.11. The second kappa shape index (κ2) is 6.85. The van der Waals surface area contributed by atoms with Crippen molar-refractivity contribution in [3.8, 4) is 5.75 Å². The molecule has 1 aliphatic rings. The normalized spacial score (nSPS) is 15.0. The standard InChI is InChI=1S/C13H16N2O5/c16-13(14-20-12-3-1-2-4-12)9-19-11-7-5-10(6-8-11)15(17)18/h5-8,12H,1-4,9H2,(H,14,16). The zero-order valence-electron chi connectivity index (χ0n) is 10.9. The Balaban J connectivity index is 1.70. The first-order valence-electron chi connectivity index (χ1n) is 6.47. The Morgan fingerprint density at radius 1 is 1.30 bits per heavy atom. The summed E-state index contributed by atoms with van der Waals surface area (Å²) < 4.78 is 5.20. The van der Waals surface area contributed by atoms with Crippen LogP contribution in [0.1, 0.15) is 25.7 Å². The third kappa shape index (κ3) is 4.20. The number of nitro groups is 1. The van der Waals surface area contributed by atoms with Crippen molar-refractivity contribution in [1.29, 1.82) is 0 Å². The summed E-state index contributed by atoms with van der Waals surface area (Å²) in [5.74, 6) is 0.0156. The second-order valence-corrected chi connectivity index (χ2v) is 4.59. The highest BCUT2D eigenvalue weighted by atomic mass is 16.7. The van der Waals surface area contributed by atoms with E-state index in [1.807, 2.05) is 0 Å². The minimum Gasteiger partial charge on any atom is -0.484 e. The number of hydrogen-bond donors (Lipinski definition) is 1. The SMILES string of the molecule is O=C(COc1ccc([N+](=O)[O-])cc1)NOC1CCCC1. The van der Waals surface area contributed by atoms with E-state index in [-0.39, 0.29) is 24.3 Å². The van der Waals surface area contributed by atoms with Gasteiger partial charge in [-0.2, -0.15) is 0 Å². The zero-order chi connectivity index (χ0) is 14.4. The average molecular weight is 280 g/mol. The molecule has 1 aromatic rings. The van der Waals surface area contributed by atoms with Crippen LogP contribution in [0.4, 0.5) is 5.69 Å².